The average molecular weight is 266 g/mol. The van der Waals surface area contributed by atoms with Crippen molar-refractivity contribution in [3.63, 3.8) is 0 Å². The van der Waals surface area contributed by atoms with E-state index in [0.717, 1.165) is 6.08 Å². The molecule has 0 aliphatic rings. The van der Waals surface area contributed by atoms with E-state index >= 15 is 0 Å². The number of esters is 1. The third-order valence-corrected chi connectivity index (χ3v) is 1.99. The van der Waals surface area contributed by atoms with Crippen LogP contribution in [0.25, 0.3) is 6.08 Å². The highest BCUT2D eigenvalue weighted by Crippen LogP contribution is 2.10. The minimum absolute atomic E-state index is 0.0524. The molecule has 0 unspecified atom stereocenters. The quantitative estimate of drug-likeness (QED) is 0.402. The normalized spacial score (nSPS) is 10.6. The lowest BCUT2D eigenvalue weighted by Gasteiger charge is -2.06. The van der Waals surface area contributed by atoms with Gasteiger partial charge in [0.1, 0.15) is 5.75 Å². The van der Waals surface area contributed by atoms with Crippen molar-refractivity contribution in [2.75, 3.05) is 0 Å². The number of carbonyl (C=O) groups is 3. The van der Waals surface area contributed by atoms with E-state index in [9.17, 15) is 14.4 Å². The van der Waals surface area contributed by atoms with Gasteiger partial charge < -0.3 is 20.1 Å². The first-order valence-corrected chi connectivity index (χ1v) is 5.03. The molecule has 0 saturated carbocycles. The van der Waals surface area contributed by atoms with Crippen molar-refractivity contribution >= 4 is 24.0 Å². The number of phenols is 1. The van der Waals surface area contributed by atoms with E-state index in [0.29, 0.717) is 5.56 Å². The number of aromatic hydroxyl groups is 1. The van der Waals surface area contributed by atoms with Crippen molar-refractivity contribution in [1.29, 1.82) is 0 Å². The maximum atomic E-state index is 11.2. The molecule has 0 amide bonds. The standard InChI is InChI=1S/C12H10O7/c13-8-4-1-7(2-5-8)3-6-9(14)19-10(11(15)16)12(17)18/h1-6,10,13H,(H,15,16)(H,17,18). The average Bonchev–Trinajstić information content (AvgIpc) is 2.34. The minimum Gasteiger partial charge on any atom is -0.508 e. The molecule has 0 bridgehead atoms. The molecule has 1 rings (SSSR count). The number of aliphatic carboxylic acids is 2. The Labute approximate surface area is 107 Å². The Morgan fingerprint density at radius 2 is 1.58 bits per heavy atom. The van der Waals surface area contributed by atoms with Crippen molar-refractivity contribution in [3.8, 4) is 5.75 Å². The molecule has 0 aliphatic carbocycles. The van der Waals surface area contributed by atoms with E-state index in [1.807, 2.05) is 0 Å². The Morgan fingerprint density at radius 3 is 2.05 bits per heavy atom. The van der Waals surface area contributed by atoms with E-state index in [2.05, 4.69) is 4.74 Å². The summed E-state index contributed by atoms with van der Waals surface area (Å²) in [4.78, 5) is 32.2. The van der Waals surface area contributed by atoms with Crippen molar-refractivity contribution in [2.45, 2.75) is 6.10 Å². The van der Waals surface area contributed by atoms with E-state index < -0.39 is 24.0 Å². The fourth-order valence-corrected chi connectivity index (χ4v) is 1.11. The van der Waals surface area contributed by atoms with E-state index in [-0.39, 0.29) is 5.75 Å². The van der Waals surface area contributed by atoms with Crippen LogP contribution >= 0.6 is 0 Å². The number of carboxylic acids is 2. The summed E-state index contributed by atoms with van der Waals surface area (Å²) in [5.74, 6) is -4.57. The van der Waals surface area contributed by atoms with E-state index in [4.69, 9.17) is 15.3 Å². The Morgan fingerprint density at radius 1 is 1.05 bits per heavy atom. The van der Waals surface area contributed by atoms with Crippen LogP contribution in [0, 0.1) is 0 Å². The monoisotopic (exact) mass is 266 g/mol. The van der Waals surface area contributed by atoms with Gasteiger partial charge in [0, 0.05) is 6.08 Å². The van der Waals surface area contributed by atoms with Gasteiger partial charge >= 0.3 is 17.9 Å². The van der Waals surface area contributed by atoms with Gasteiger partial charge in [0.05, 0.1) is 0 Å². The first-order valence-electron chi connectivity index (χ1n) is 5.03. The number of carboxylic acid groups (broad SMARTS) is 2. The fraction of sp³-hybridized carbons (Fsp3) is 0.0833. The maximum absolute atomic E-state index is 11.2. The van der Waals surface area contributed by atoms with Crippen molar-refractivity contribution < 1.29 is 34.4 Å². The Kier molecular flexibility index (Phi) is 4.64. The molecule has 0 saturated heterocycles. The number of ether oxygens (including phenoxy) is 1. The molecule has 0 aromatic heterocycles. The highest BCUT2D eigenvalue weighted by Gasteiger charge is 2.29. The van der Waals surface area contributed by atoms with Crippen LogP contribution in [-0.4, -0.2) is 39.3 Å². The number of benzene rings is 1. The minimum atomic E-state index is -2.24. The molecule has 7 heteroatoms. The SMILES string of the molecule is O=C(C=Cc1ccc(O)cc1)OC(C(=O)O)C(=O)O. The number of hydrogen-bond acceptors (Lipinski definition) is 5. The molecule has 0 atom stereocenters. The molecule has 0 fully saturated rings. The predicted octanol–water partition coefficient (Wildman–Crippen LogP) is 0.486. The zero-order valence-electron chi connectivity index (χ0n) is 9.52. The third kappa shape index (κ3) is 4.50. The summed E-state index contributed by atoms with van der Waals surface area (Å²) in [7, 11) is 0. The molecule has 0 aliphatic heterocycles. The van der Waals surface area contributed by atoms with Crippen LogP contribution in [0.1, 0.15) is 5.56 Å². The largest absolute Gasteiger partial charge is 0.508 e. The molecule has 1 aromatic carbocycles. The second-order valence-electron chi connectivity index (χ2n) is 3.42. The van der Waals surface area contributed by atoms with Crippen LogP contribution in [0.2, 0.25) is 0 Å². The smallest absolute Gasteiger partial charge is 0.356 e. The Hall–Kier alpha value is -2.83. The molecule has 3 N–H and O–H groups in total. The molecular formula is C12H10O7. The molecule has 100 valence electrons. The lowest BCUT2D eigenvalue weighted by molar-refractivity contribution is -0.172. The topological polar surface area (TPSA) is 121 Å². The molecule has 7 nitrogen and oxygen atoms in total. The van der Waals surface area contributed by atoms with Gasteiger partial charge in [0.2, 0.25) is 0 Å². The number of hydrogen-bond donors (Lipinski definition) is 3. The molecule has 0 radical (unpaired) electrons. The second kappa shape index (κ2) is 6.20. The highest BCUT2D eigenvalue weighted by atomic mass is 16.6. The molecule has 1 aromatic rings. The van der Waals surface area contributed by atoms with Gasteiger partial charge in [0.15, 0.2) is 0 Å². The lowest BCUT2D eigenvalue weighted by atomic mass is 10.2. The number of carbonyl (C=O) groups excluding carboxylic acids is 1. The summed E-state index contributed by atoms with van der Waals surface area (Å²) in [5, 5.41) is 26.0. The molecule has 19 heavy (non-hydrogen) atoms. The zero-order chi connectivity index (χ0) is 14.4. The second-order valence-corrected chi connectivity index (χ2v) is 3.42. The summed E-state index contributed by atoms with van der Waals surface area (Å²) in [5.41, 5.74) is 0.553. The van der Waals surface area contributed by atoms with Crippen LogP contribution < -0.4 is 0 Å². The Bertz CT molecular complexity index is 501. The highest BCUT2D eigenvalue weighted by molar-refractivity contribution is 5.99. The zero-order valence-corrected chi connectivity index (χ0v) is 9.52. The number of rotatable bonds is 5. The first kappa shape index (κ1) is 14.2. The van der Waals surface area contributed by atoms with Gasteiger partial charge in [-0.15, -0.1) is 0 Å². The van der Waals surface area contributed by atoms with Crippen molar-refractivity contribution in [3.05, 3.63) is 35.9 Å². The first-order chi connectivity index (χ1) is 8.90. The van der Waals surface area contributed by atoms with Gasteiger partial charge in [-0.2, -0.15) is 0 Å². The Balaban J connectivity index is 2.66. The molecular weight excluding hydrogens is 256 g/mol. The van der Waals surface area contributed by atoms with Gasteiger partial charge in [-0.3, -0.25) is 0 Å². The summed E-state index contributed by atoms with van der Waals surface area (Å²) in [6, 6.07) is 5.79. The van der Waals surface area contributed by atoms with E-state index in [1.54, 1.807) is 0 Å². The summed E-state index contributed by atoms with van der Waals surface area (Å²) < 4.78 is 4.24. The molecule has 0 heterocycles. The summed E-state index contributed by atoms with van der Waals surface area (Å²) in [6.07, 6.45) is -0.0506. The van der Waals surface area contributed by atoms with Crippen LogP contribution in [0.3, 0.4) is 0 Å². The third-order valence-electron chi connectivity index (χ3n) is 1.99. The van der Waals surface area contributed by atoms with Crippen LogP contribution in [0.15, 0.2) is 30.3 Å². The predicted molar refractivity (Wildman–Crippen MR) is 62.3 cm³/mol. The van der Waals surface area contributed by atoms with Gasteiger partial charge in [0.25, 0.3) is 6.10 Å². The lowest BCUT2D eigenvalue weighted by Crippen LogP contribution is -2.34. The van der Waals surface area contributed by atoms with Crippen molar-refractivity contribution in [2.24, 2.45) is 0 Å². The van der Waals surface area contributed by atoms with Gasteiger partial charge in [-0.1, -0.05) is 12.1 Å². The fourth-order valence-electron chi connectivity index (χ4n) is 1.11. The van der Waals surface area contributed by atoms with Gasteiger partial charge in [-0.05, 0) is 23.8 Å². The van der Waals surface area contributed by atoms with Crippen LogP contribution in [0.5, 0.6) is 5.75 Å². The van der Waals surface area contributed by atoms with Crippen molar-refractivity contribution in [1.82, 2.24) is 0 Å². The van der Waals surface area contributed by atoms with Gasteiger partial charge in [-0.25, -0.2) is 14.4 Å². The summed E-state index contributed by atoms with van der Waals surface area (Å²) in [6.45, 7) is 0. The molecule has 0 spiro atoms. The van der Waals surface area contributed by atoms with E-state index in [1.165, 1.54) is 30.3 Å². The maximum Gasteiger partial charge on any atom is 0.356 e. The van der Waals surface area contributed by atoms with Crippen LogP contribution in [-0.2, 0) is 19.1 Å². The van der Waals surface area contributed by atoms with Crippen LogP contribution in [0.4, 0.5) is 0 Å². The summed E-state index contributed by atoms with van der Waals surface area (Å²) >= 11 is 0. The number of phenolic OH excluding ortho intramolecular Hbond substituents is 1.